The van der Waals surface area contributed by atoms with Gasteiger partial charge in [0.05, 0.1) is 6.10 Å². The molecule has 2 aliphatic rings. The monoisotopic (exact) mass is 430 g/mol. The summed E-state index contributed by atoms with van der Waals surface area (Å²) in [6.45, 7) is 6.75. The number of fused-ring (bicyclic) bond motifs is 1. The predicted molar refractivity (Wildman–Crippen MR) is 117 cm³/mol. The first kappa shape index (κ1) is 21.4. The van der Waals surface area contributed by atoms with Crippen LogP contribution in [0.25, 0.3) is 0 Å². The van der Waals surface area contributed by atoms with Crippen molar-refractivity contribution in [3.05, 3.63) is 54.1 Å². The Morgan fingerprint density at radius 2 is 1.80 bits per heavy atom. The summed E-state index contributed by atoms with van der Waals surface area (Å²) in [4.78, 5) is 0. The SMILES string of the molecule is CC(C)[C@H]1CC[C@H](C)C[C@H]1O[P@@](=O)(c1ccccc1)[C@H](O)c1ccc2c(c1)OCO2. The van der Waals surface area contributed by atoms with E-state index in [1.807, 2.05) is 18.2 Å². The summed E-state index contributed by atoms with van der Waals surface area (Å²) in [6.07, 6.45) is 2.91. The van der Waals surface area contributed by atoms with Gasteiger partial charge in [-0.25, -0.2) is 0 Å². The number of aliphatic hydroxyl groups is 1. The van der Waals surface area contributed by atoms with Crippen molar-refractivity contribution in [1.82, 2.24) is 0 Å². The minimum absolute atomic E-state index is 0.150. The second kappa shape index (κ2) is 8.74. The molecule has 0 aromatic heterocycles. The molecular weight excluding hydrogens is 399 g/mol. The van der Waals surface area contributed by atoms with Crippen LogP contribution in [0, 0.1) is 17.8 Å². The number of hydrogen-bond acceptors (Lipinski definition) is 5. The first-order valence-corrected chi connectivity index (χ1v) is 12.5. The van der Waals surface area contributed by atoms with Crippen LogP contribution in [0.5, 0.6) is 11.5 Å². The van der Waals surface area contributed by atoms with Crippen LogP contribution < -0.4 is 14.8 Å². The summed E-state index contributed by atoms with van der Waals surface area (Å²) >= 11 is 0. The van der Waals surface area contributed by atoms with Gasteiger partial charge in [-0.3, -0.25) is 4.57 Å². The third-order valence-corrected chi connectivity index (χ3v) is 8.93. The number of hydrogen-bond donors (Lipinski definition) is 1. The lowest BCUT2D eigenvalue weighted by Gasteiger charge is -2.39. The zero-order chi connectivity index (χ0) is 21.3. The molecule has 0 spiro atoms. The molecule has 0 amide bonds. The highest BCUT2D eigenvalue weighted by Crippen LogP contribution is 2.60. The van der Waals surface area contributed by atoms with Gasteiger partial charge >= 0.3 is 0 Å². The van der Waals surface area contributed by atoms with E-state index in [-0.39, 0.29) is 12.9 Å². The Kier molecular flexibility index (Phi) is 6.24. The van der Waals surface area contributed by atoms with Crippen LogP contribution in [0.3, 0.4) is 0 Å². The highest BCUT2D eigenvalue weighted by atomic mass is 31.2. The van der Waals surface area contributed by atoms with Gasteiger partial charge in [-0.1, -0.05) is 51.5 Å². The maximum atomic E-state index is 14.4. The second-order valence-corrected chi connectivity index (χ2v) is 11.3. The van der Waals surface area contributed by atoms with E-state index in [1.54, 1.807) is 30.3 Å². The van der Waals surface area contributed by atoms with E-state index < -0.39 is 13.2 Å². The molecular formula is C24H31O5P. The molecule has 1 saturated carbocycles. The Balaban J connectivity index is 1.71. The zero-order valence-electron chi connectivity index (χ0n) is 17.9. The third-order valence-electron chi connectivity index (χ3n) is 6.39. The molecule has 5 atom stereocenters. The van der Waals surface area contributed by atoms with Gasteiger partial charge in [-0.15, -0.1) is 0 Å². The molecule has 5 nitrogen and oxygen atoms in total. The Bertz CT molecular complexity index is 913. The zero-order valence-corrected chi connectivity index (χ0v) is 18.8. The Morgan fingerprint density at radius 3 is 2.53 bits per heavy atom. The molecule has 0 unspecified atom stereocenters. The minimum Gasteiger partial charge on any atom is -0.454 e. The molecule has 6 heteroatoms. The van der Waals surface area contributed by atoms with Crippen molar-refractivity contribution < 1.29 is 23.7 Å². The van der Waals surface area contributed by atoms with Gasteiger partial charge in [0, 0.05) is 5.30 Å². The van der Waals surface area contributed by atoms with Gasteiger partial charge < -0.3 is 19.1 Å². The summed E-state index contributed by atoms with van der Waals surface area (Å²) in [5.74, 6) is 1.16. The number of ether oxygens (including phenoxy) is 2. The molecule has 1 N–H and O–H groups in total. The molecule has 0 radical (unpaired) electrons. The number of rotatable bonds is 6. The molecule has 2 aromatic carbocycles. The maximum absolute atomic E-state index is 14.4. The molecule has 1 aliphatic heterocycles. The van der Waals surface area contributed by atoms with E-state index in [9.17, 15) is 9.67 Å². The van der Waals surface area contributed by atoms with E-state index in [1.165, 1.54) is 0 Å². The average molecular weight is 430 g/mol. The van der Waals surface area contributed by atoms with Gasteiger partial charge in [-0.05, 0) is 60.4 Å². The van der Waals surface area contributed by atoms with Gasteiger partial charge in [0.1, 0.15) is 0 Å². The van der Waals surface area contributed by atoms with Crippen LogP contribution in [0.15, 0.2) is 48.5 Å². The van der Waals surface area contributed by atoms with Crippen LogP contribution in [-0.4, -0.2) is 18.0 Å². The molecule has 162 valence electrons. The summed E-state index contributed by atoms with van der Waals surface area (Å²) in [5, 5.41) is 11.9. The van der Waals surface area contributed by atoms with Crippen LogP contribution in [0.2, 0.25) is 0 Å². The molecule has 0 saturated heterocycles. The molecule has 1 fully saturated rings. The Hall–Kier alpha value is -1.81. The maximum Gasteiger partial charge on any atom is 0.264 e. The van der Waals surface area contributed by atoms with E-state index in [2.05, 4.69) is 20.8 Å². The van der Waals surface area contributed by atoms with Crippen molar-refractivity contribution in [1.29, 1.82) is 0 Å². The van der Waals surface area contributed by atoms with E-state index >= 15 is 0 Å². The van der Waals surface area contributed by atoms with Crippen molar-refractivity contribution in [2.75, 3.05) is 6.79 Å². The van der Waals surface area contributed by atoms with Gasteiger partial charge in [0.15, 0.2) is 17.3 Å². The summed E-state index contributed by atoms with van der Waals surface area (Å²) in [6, 6.07) is 14.3. The summed E-state index contributed by atoms with van der Waals surface area (Å²) in [5.41, 5.74) is 0.511. The van der Waals surface area contributed by atoms with Crippen LogP contribution >= 0.6 is 7.37 Å². The lowest BCUT2D eigenvalue weighted by Crippen LogP contribution is -2.35. The number of aliphatic hydroxyl groups excluding tert-OH is 1. The van der Waals surface area contributed by atoms with Gasteiger partial charge in [0.2, 0.25) is 6.79 Å². The summed E-state index contributed by atoms with van der Waals surface area (Å²) in [7, 11) is -3.62. The standard InChI is InChI=1S/C24H31O5P/c1-16(2)20-11-9-17(3)13-22(20)29-30(26,19-7-5-4-6-8-19)24(25)18-10-12-21-23(14-18)28-15-27-21/h4-8,10,12,14,16-17,20,22,24-25H,9,11,13,15H2,1-3H3/t17-,20+,22+,24-,30-/m0/s1. The quantitative estimate of drug-likeness (QED) is 0.614. The molecule has 0 bridgehead atoms. The lowest BCUT2D eigenvalue weighted by atomic mass is 9.75. The normalized spacial score (nSPS) is 26.4. The van der Waals surface area contributed by atoms with E-state index in [0.717, 1.165) is 19.3 Å². The first-order valence-electron chi connectivity index (χ1n) is 10.8. The third kappa shape index (κ3) is 4.16. The van der Waals surface area contributed by atoms with Crippen LogP contribution in [-0.2, 0) is 9.09 Å². The van der Waals surface area contributed by atoms with Crippen molar-refractivity contribution in [3.63, 3.8) is 0 Å². The molecule has 1 heterocycles. The predicted octanol–water partition coefficient (Wildman–Crippen LogP) is 5.49. The molecule has 1 aliphatic carbocycles. The highest BCUT2D eigenvalue weighted by molar-refractivity contribution is 7.67. The summed E-state index contributed by atoms with van der Waals surface area (Å²) < 4.78 is 31.7. The topological polar surface area (TPSA) is 65.0 Å². The Labute approximate surface area is 178 Å². The van der Waals surface area contributed by atoms with Crippen molar-refractivity contribution in [2.24, 2.45) is 17.8 Å². The lowest BCUT2D eigenvalue weighted by molar-refractivity contribution is 0.0427. The molecule has 2 aromatic rings. The van der Waals surface area contributed by atoms with Gasteiger partial charge in [-0.2, -0.15) is 0 Å². The largest absolute Gasteiger partial charge is 0.454 e. The average Bonchev–Trinajstić information content (AvgIpc) is 3.21. The Morgan fingerprint density at radius 1 is 1.07 bits per heavy atom. The van der Waals surface area contributed by atoms with Crippen molar-refractivity contribution >= 4 is 12.7 Å². The fourth-order valence-corrected chi connectivity index (χ4v) is 6.91. The first-order chi connectivity index (χ1) is 14.4. The second-order valence-electron chi connectivity index (χ2n) is 8.89. The fraction of sp³-hybridized carbons (Fsp3) is 0.500. The van der Waals surface area contributed by atoms with E-state index in [4.69, 9.17) is 14.0 Å². The number of benzene rings is 2. The minimum atomic E-state index is -3.62. The van der Waals surface area contributed by atoms with Crippen molar-refractivity contribution in [3.8, 4) is 11.5 Å². The molecule has 30 heavy (non-hydrogen) atoms. The van der Waals surface area contributed by atoms with Gasteiger partial charge in [0.25, 0.3) is 7.37 Å². The smallest absolute Gasteiger partial charge is 0.264 e. The van der Waals surface area contributed by atoms with Crippen LogP contribution in [0.4, 0.5) is 0 Å². The van der Waals surface area contributed by atoms with Crippen molar-refractivity contribution in [2.45, 2.75) is 52.0 Å². The van der Waals surface area contributed by atoms with E-state index in [0.29, 0.717) is 40.1 Å². The highest BCUT2D eigenvalue weighted by Gasteiger charge is 2.43. The molecule has 4 rings (SSSR count). The fourth-order valence-electron chi connectivity index (χ4n) is 4.60. The van der Waals surface area contributed by atoms with Crippen LogP contribution in [0.1, 0.15) is 51.4 Å².